The molecule has 0 rings (SSSR count). The molecule has 2 N–H and O–H groups in total. The van der Waals surface area contributed by atoms with Gasteiger partial charge in [0.1, 0.15) is 11.9 Å². The van der Waals surface area contributed by atoms with Crippen molar-refractivity contribution in [3.8, 4) is 0 Å². The van der Waals surface area contributed by atoms with E-state index in [0.29, 0.717) is 6.42 Å². The standard InChI is InChI=1S/C19H35N3O2/c1-5-8-13-22(12-6-2)17(15-20)14-19(21)24-18(7-3)11-9-10-16(4)23/h14-15,18,20-21H,5-13H2,1-4H3/b17-14+,20-15?,21-19?. The monoisotopic (exact) mass is 337 g/mol. The molecule has 5 heteroatoms. The smallest absolute Gasteiger partial charge is 0.208 e. The van der Waals surface area contributed by atoms with Gasteiger partial charge in [0.05, 0.1) is 5.70 Å². The molecule has 0 aliphatic rings. The van der Waals surface area contributed by atoms with Gasteiger partial charge in [-0.2, -0.15) is 0 Å². The Morgan fingerprint density at radius 2 is 1.88 bits per heavy atom. The lowest BCUT2D eigenvalue weighted by Crippen LogP contribution is -2.27. The van der Waals surface area contributed by atoms with Gasteiger partial charge < -0.3 is 19.8 Å². The van der Waals surface area contributed by atoms with Gasteiger partial charge in [0.2, 0.25) is 5.90 Å². The molecule has 0 aliphatic heterocycles. The number of carbonyl (C=O) groups excluding carboxylic acids is 1. The number of allylic oxidation sites excluding steroid dienone is 1. The van der Waals surface area contributed by atoms with Gasteiger partial charge in [-0.05, 0) is 39.0 Å². The predicted octanol–water partition coefficient (Wildman–Crippen LogP) is 4.56. The predicted molar refractivity (Wildman–Crippen MR) is 101 cm³/mol. The molecule has 0 aromatic rings. The summed E-state index contributed by atoms with van der Waals surface area (Å²) in [6.07, 6.45) is 9.03. The maximum atomic E-state index is 11.0. The first-order valence-electron chi connectivity index (χ1n) is 9.20. The second kappa shape index (κ2) is 13.8. The van der Waals surface area contributed by atoms with Crippen LogP contribution in [0.5, 0.6) is 0 Å². The van der Waals surface area contributed by atoms with Crippen LogP contribution in [0.1, 0.15) is 72.6 Å². The molecule has 24 heavy (non-hydrogen) atoms. The fraction of sp³-hybridized carbons (Fsp3) is 0.737. The number of rotatable bonds is 14. The summed E-state index contributed by atoms with van der Waals surface area (Å²) in [6.45, 7) is 9.67. The molecule has 0 spiro atoms. The summed E-state index contributed by atoms with van der Waals surface area (Å²) in [5.41, 5.74) is 0.730. The van der Waals surface area contributed by atoms with E-state index in [1.54, 1.807) is 13.0 Å². The van der Waals surface area contributed by atoms with Gasteiger partial charge in [0.15, 0.2) is 0 Å². The normalized spacial score (nSPS) is 12.6. The van der Waals surface area contributed by atoms with E-state index in [1.807, 2.05) is 6.92 Å². The first-order valence-corrected chi connectivity index (χ1v) is 9.20. The largest absolute Gasteiger partial charge is 0.475 e. The van der Waals surface area contributed by atoms with Crippen LogP contribution < -0.4 is 0 Å². The molecular formula is C19H35N3O2. The van der Waals surface area contributed by atoms with Crippen LogP contribution in [0.25, 0.3) is 0 Å². The first kappa shape index (κ1) is 22.4. The van der Waals surface area contributed by atoms with E-state index < -0.39 is 0 Å². The van der Waals surface area contributed by atoms with Crippen molar-refractivity contribution in [2.45, 2.75) is 78.7 Å². The fourth-order valence-electron chi connectivity index (χ4n) is 2.49. The van der Waals surface area contributed by atoms with Crippen LogP contribution >= 0.6 is 0 Å². The van der Waals surface area contributed by atoms with Gasteiger partial charge in [0.25, 0.3) is 0 Å². The highest BCUT2D eigenvalue weighted by Gasteiger charge is 2.12. The summed E-state index contributed by atoms with van der Waals surface area (Å²) in [6, 6.07) is 0. The van der Waals surface area contributed by atoms with E-state index >= 15 is 0 Å². The van der Waals surface area contributed by atoms with Gasteiger partial charge >= 0.3 is 0 Å². The number of hydrogen-bond donors (Lipinski definition) is 2. The number of Topliss-reactive ketones (excluding diaryl/α,β-unsaturated/α-hetero) is 1. The number of ketones is 1. The summed E-state index contributed by atoms with van der Waals surface area (Å²) in [4.78, 5) is 13.2. The van der Waals surface area contributed by atoms with Crippen molar-refractivity contribution in [3.05, 3.63) is 11.8 Å². The van der Waals surface area contributed by atoms with Crippen molar-refractivity contribution >= 4 is 17.9 Å². The highest BCUT2D eigenvalue weighted by molar-refractivity contribution is 5.92. The molecule has 0 bridgehead atoms. The molecule has 0 heterocycles. The molecule has 0 aromatic carbocycles. The van der Waals surface area contributed by atoms with Crippen LogP contribution in [0.15, 0.2) is 11.8 Å². The minimum Gasteiger partial charge on any atom is -0.475 e. The Labute approximate surface area is 147 Å². The number of nitrogens with one attached hydrogen (secondary N) is 2. The van der Waals surface area contributed by atoms with Crippen LogP contribution in [-0.2, 0) is 9.53 Å². The number of nitrogens with zero attached hydrogens (tertiary/aromatic N) is 1. The zero-order valence-corrected chi connectivity index (χ0v) is 15.9. The van der Waals surface area contributed by atoms with Gasteiger partial charge in [0, 0.05) is 31.8 Å². The van der Waals surface area contributed by atoms with Crippen LogP contribution in [0.3, 0.4) is 0 Å². The molecule has 5 nitrogen and oxygen atoms in total. The minimum absolute atomic E-state index is 0.0460. The van der Waals surface area contributed by atoms with E-state index in [9.17, 15) is 4.79 Å². The van der Waals surface area contributed by atoms with Crippen molar-refractivity contribution in [1.82, 2.24) is 4.90 Å². The van der Waals surface area contributed by atoms with Crippen molar-refractivity contribution in [2.24, 2.45) is 0 Å². The van der Waals surface area contributed by atoms with Crippen LogP contribution in [0.4, 0.5) is 0 Å². The zero-order chi connectivity index (χ0) is 18.4. The van der Waals surface area contributed by atoms with E-state index in [0.717, 1.165) is 57.3 Å². The highest BCUT2D eigenvalue weighted by atomic mass is 16.5. The molecule has 0 fully saturated rings. The van der Waals surface area contributed by atoms with E-state index in [4.69, 9.17) is 15.6 Å². The Morgan fingerprint density at radius 3 is 2.38 bits per heavy atom. The maximum absolute atomic E-state index is 11.0. The number of carbonyl (C=O) groups is 1. The Morgan fingerprint density at radius 1 is 1.17 bits per heavy atom. The number of ether oxygens (including phenoxy) is 1. The molecule has 0 aliphatic carbocycles. The van der Waals surface area contributed by atoms with Crippen LogP contribution in [0, 0.1) is 10.8 Å². The van der Waals surface area contributed by atoms with Gasteiger partial charge in [-0.3, -0.25) is 5.41 Å². The van der Waals surface area contributed by atoms with Crippen molar-refractivity contribution in [3.63, 3.8) is 0 Å². The van der Waals surface area contributed by atoms with E-state index in [2.05, 4.69) is 18.7 Å². The molecule has 0 saturated carbocycles. The van der Waals surface area contributed by atoms with Crippen LogP contribution in [-0.4, -0.2) is 42.0 Å². The quantitative estimate of drug-likeness (QED) is 0.360. The Kier molecular flexibility index (Phi) is 12.8. The van der Waals surface area contributed by atoms with Crippen molar-refractivity contribution in [1.29, 1.82) is 10.8 Å². The summed E-state index contributed by atoms with van der Waals surface area (Å²) in [7, 11) is 0. The van der Waals surface area contributed by atoms with Gasteiger partial charge in [-0.15, -0.1) is 0 Å². The average Bonchev–Trinajstić information content (AvgIpc) is 2.55. The molecule has 0 radical (unpaired) electrons. The second-order valence-electron chi connectivity index (χ2n) is 6.16. The summed E-state index contributed by atoms with van der Waals surface area (Å²) in [5.74, 6) is 0.290. The molecule has 1 atom stereocenters. The summed E-state index contributed by atoms with van der Waals surface area (Å²) in [5, 5.41) is 15.7. The average molecular weight is 338 g/mol. The molecule has 0 saturated heterocycles. The van der Waals surface area contributed by atoms with E-state index in [1.165, 1.54) is 6.21 Å². The minimum atomic E-state index is -0.0460. The number of unbranched alkanes of at least 4 members (excludes halogenated alkanes) is 1. The van der Waals surface area contributed by atoms with Gasteiger partial charge in [-0.25, -0.2) is 0 Å². The Bertz CT molecular complexity index is 419. The zero-order valence-electron chi connectivity index (χ0n) is 15.9. The number of hydrogen-bond acceptors (Lipinski definition) is 5. The Hall–Kier alpha value is -1.65. The lowest BCUT2D eigenvalue weighted by molar-refractivity contribution is -0.117. The highest BCUT2D eigenvalue weighted by Crippen LogP contribution is 2.12. The van der Waals surface area contributed by atoms with Crippen LogP contribution in [0.2, 0.25) is 0 Å². The molecule has 0 aromatic heterocycles. The SMILES string of the molecule is CCCCN(CCC)/C(C=N)=C/C(=N)OC(CC)CCCC(C)=O. The third-order valence-corrected chi connectivity index (χ3v) is 3.87. The summed E-state index contributed by atoms with van der Waals surface area (Å²) < 4.78 is 5.71. The molecular weight excluding hydrogens is 302 g/mol. The lowest BCUT2D eigenvalue weighted by atomic mass is 10.1. The molecule has 0 amide bonds. The topological polar surface area (TPSA) is 77.2 Å². The molecule has 138 valence electrons. The third-order valence-electron chi connectivity index (χ3n) is 3.87. The van der Waals surface area contributed by atoms with E-state index in [-0.39, 0.29) is 17.8 Å². The second-order valence-corrected chi connectivity index (χ2v) is 6.16. The lowest BCUT2D eigenvalue weighted by Gasteiger charge is -2.25. The summed E-state index contributed by atoms with van der Waals surface area (Å²) >= 11 is 0. The molecule has 1 unspecified atom stereocenters. The third kappa shape index (κ3) is 10.2. The van der Waals surface area contributed by atoms with Crippen molar-refractivity contribution < 1.29 is 9.53 Å². The Balaban J connectivity index is 4.73. The first-order chi connectivity index (χ1) is 11.5. The fourth-order valence-corrected chi connectivity index (χ4v) is 2.49. The van der Waals surface area contributed by atoms with Crippen molar-refractivity contribution in [2.75, 3.05) is 13.1 Å². The maximum Gasteiger partial charge on any atom is 0.208 e. The van der Waals surface area contributed by atoms with Gasteiger partial charge in [-0.1, -0.05) is 27.2 Å².